The summed E-state index contributed by atoms with van der Waals surface area (Å²) >= 11 is 0. The van der Waals surface area contributed by atoms with Gasteiger partial charge in [0.05, 0.1) is 28.1 Å². The van der Waals surface area contributed by atoms with Crippen molar-refractivity contribution in [3.63, 3.8) is 0 Å². The number of methoxy groups -OCH3 is 1. The Morgan fingerprint density at radius 3 is 2.39 bits per heavy atom. The third-order valence-corrected chi connectivity index (χ3v) is 8.60. The summed E-state index contributed by atoms with van der Waals surface area (Å²) in [6.07, 6.45) is 4.39. The number of benzene rings is 1. The molecular formula is C23H34N4O5S. The van der Waals surface area contributed by atoms with E-state index in [-0.39, 0.29) is 28.1 Å². The number of nitrogens with one attached hydrogen (secondary N) is 1. The highest BCUT2D eigenvalue weighted by molar-refractivity contribution is 7.90. The maximum Gasteiger partial charge on any atom is 0.326 e. The largest absolute Gasteiger partial charge is 0.378 e. The first-order valence-electron chi connectivity index (χ1n) is 11.5. The fourth-order valence-corrected chi connectivity index (χ4v) is 6.05. The number of carbonyl (C=O) groups excluding carboxylic acids is 1. The molecule has 2 fully saturated rings. The molecule has 0 atom stereocenters. The molecule has 0 saturated carbocycles. The molecule has 0 bridgehead atoms. The predicted octanol–water partition coefficient (Wildman–Crippen LogP) is 1.71. The lowest BCUT2D eigenvalue weighted by atomic mass is 9.93. The van der Waals surface area contributed by atoms with E-state index in [9.17, 15) is 18.0 Å². The van der Waals surface area contributed by atoms with E-state index >= 15 is 0 Å². The molecule has 10 heteroatoms. The monoisotopic (exact) mass is 478 g/mol. The highest BCUT2D eigenvalue weighted by atomic mass is 32.2. The molecule has 1 N–H and O–H groups in total. The Labute approximate surface area is 194 Å². The molecule has 0 unspecified atom stereocenters. The minimum absolute atomic E-state index is 0.0125. The number of piperidine rings is 2. The van der Waals surface area contributed by atoms with E-state index in [0.29, 0.717) is 17.6 Å². The average Bonchev–Trinajstić information content (AvgIpc) is 3.08. The number of carbonyl (C=O) groups is 1. The van der Waals surface area contributed by atoms with Crippen molar-refractivity contribution in [2.24, 2.45) is 0 Å². The van der Waals surface area contributed by atoms with Crippen molar-refractivity contribution in [2.45, 2.75) is 56.1 Å². The number of likely N-dealkylation sites (tertiary alicyclic amines) is 2. The summed E-state index contributed by atoms with van der Waals surface area (Å²) in [7, 11) is -1.64. The fraction of sp³-hybridized carbons (Fsp3) is 0.652. The summed E-state index contributed by atoms with van der Waals surface area (Å²) in [5, 5.41) is 0. The van der Waals surface area contributed by atoms with E-state index < -0.39 is 9.84 Å². The van der Waals surface area contributed by atoms with E-state index in [2.05, 4.69) is 16.8 Å². The predicted molar refractivity (Wildman–Crippen MR) is 126 cm³/mol. The van der Waals surface area contributed by atoms with Crippen molar-refractivity contribution in [3.8, 4) is 0 Å². The highest BCUT2D eigenvalue weighted by Crippen LogP contribution is 2.28. The normalized spacial score (nSPS) is 20.4. The lowest BCUT2D eigenvalue weighted by molar-refractivity contribution is -0.137. The van der Waals surface area contributed by atoms with Gasteiger partial charge in [0.1, 0.15) is 0 Å². The number of hydrogen-bond acceptors (Lipinski definition) is 6. The van der Waals surface area contributed by atoms with E-state index in [1.54, 1.807) is 30.7 Å². The van der Waals surface area contributed by atoms with E-state index in [4.69, 9.17) is 4.74 Å². The minimum atomic E-state index is -3.37. The quantitative estimate of drug-likeness (QED) is 0.702. The molecule has 2 aromatic rings. The molecule has 1 aromatic carbocycles. The number of hydrogen-bond donors (Lipinski definition) is 1. The Balaban J connectivity index is 1.41. The summed E-state index contributed by atoms with van der Waals surface area (Å²) < 4.78 is 31.4. The van der Waals surface area contributed by atoms with Crippen LogP contribution in [0, 0.1) is 6.92 Å². The molecule has 33 heavy (non-hydrogen) atoms. The molecule has 9 nitrogen and oxygen atoms in total. The van der Waals surface area contributed by atoms with Crippen LogP contribution >= 0.6 is 0 Å². The van der Waals surface area contributed by atoms with Crippen molar-refractivity contribution in [1.82, 2.24) is 19.4 Å². The molecular weight excluding hydrogens is 444 g/mol. The Hall–Kier alpha value is -2.17. The molecule has 0 spiro atoms. The number of aromatic amines is 1. The van der Waals surface area contributed by atoms with Crippen molar-refractivity contribution in [2.75, 3.05) is 46.1 Å². The molecule has 2 aliphatic heterocycles. The lowest BCUT2D eigenvalue weighted by Gasteiger charge is -2.39. The van der Waals surface area contributed by atoms with Gasteiger partial charge in [0, 0.05) is 45.6 Å². The van der Waals surface area contributed by atoms with Gasteiger partial charge in [-0.2, -0.15) is 0 Å². The number of imidazole rings is 1. The van der Waals surface area contributed by atoms with Crippen LogP contribution in [0.3, 0.4) is 0 Å². The standard InChI is InChI=1S/C23H34N4O5S/c1-16-13-19-18(14-20(16)33(4,30)31)24-22(29)27(19)17-5-9-25(10-6-17)15-21(28)26-11-7-23(2,32-3)8-12-26/h13-14,17H,5-12,15H2,1-4H3,(H,24,29). The Kier molecular flexibility index (Phi) is 6.45. The maximum atomic E-state index is 12.8. The Bertz CT molecular complexity index is 1200. The highest BCUT2D eigenvalue weighted by Gasteiger charge is 2.33. The number of rotatable bonds is 5. The van der Waals surface area contributed by atoms with Crippen LogP contribution in [-0.4, -0.2) is 85.4 Å². The van der Waals surface area contributed by atoms with Crippen molar-refractivity contribution in [1.29, 1.82) is 0 Å². The Morgan fingerprint density at radius 1 is 1.18 bits per heavy atom. The molecule has 2 aliphatic rings. The second-order valence-corrected chi connectivity index (χ2v) is 11.7. The van der Waals surface area contributed by atoms with Crippen LogP contribution in [-0.2, 0) is 19.4 Å². The first kappa shape index (κ1) is 24.0. The summed E-state index contributed by atoms with van der Waals surface area (Å²) in [5.41, 5.74) is 1.54. The van der Waals surface area contributed by atoms with Gasteiger partial charge >= 0.3 is 5.69 Å². The number of ether oxygens (including phenoxy) is 1. The van der Waals surface area contributed by atoms with Gasteiger partial charge in [-0.05, 0) is 57.2 Å². The van der Waals surface area contributed by atoms with Gasteiger partial charge in [-0.25, -0.2) is 13.2 Å². The number of sulfone groups is 1. The SMILES string of the molecule is COC1(C)CCN(C(=O)CN2CCC(n3c(=O)[nH]c4cc(S(C)(=O)=O)c(C)cc43)CC2)CC1. The zero-order chi connectivity index (χ0) is 24.0. The summed E-state index contributed by atoms with van der Waals surface area (Å²) in [5.74, 6) is 0.153. The smallest absolute Gasteiger partial charge is 0.326 e. The second-order valence-electron chi connectivity index (χ2n) is 9.75. The lowest BCUT2D eigenvalue weighted by Crippen LogP contribution is -2.50. The van der Waals surface area contributed by atoms with Crippen LogP contribution in [0.25, 0.3) is 11.0 Å². The van der Waals surface area contributed by atoms with Crippen LogP contribution in [0.15, 0.2) is 21.8 Å². The molecule has 0 aliphatic carbocycles. The van der Waals surface area contributed by atoms with Gasteiger partial charge in [-0.1, -0.05) is 0 Å². The summed E-state index contributed by atoms with van der Waals surface area (Å²) in [6.45, 7) is 7.16. The van der Waals surface area contributed by atoms with Crippen molar-refractivity contribution in [3.05, 3.63) is 28.2 Å². The molecule has 0 radical (unpaired) electrons. The number of nitrogens with zero attached hydrogens (tertiary/aromatic N) is 3. The van der Waals surface area contributed by atoms with Gasteiger partial charge in [0.2, 0.25) is 5.91 Å². The first-order valence-corrected chi connectivity index (χ1v) is 13.4. The van der Waals surface area contributed by atoms with E-state index in [1.165, 1.54) is 6.26 Å². The van der Waals surface area contributed by atoms with Gasteiger partial charge in [0.15, 0.2) is 9.84 Å². The number of aromatic nitrogens is 2. The van der Waals surface area contributed by atoms with Crippen LogP contribution in [0.4, 0.5) is 0 Å². The zero-order valence-corrected chi connectivity index (χ0v) is 20.7. The fourth-order valence-electron chi connectivity index (χ4n) is 5.08. The number of H-pyrrole nitrogens is 1. The Morgan fingerprint density at radius 2 is 1.82 bits per heavy atom. The van der Waals surface area contributed by atoms with Crippen molar-refractivity contribution < 1.29 is 17.9 Å². The first-order chi connectivity index (χ1) is 15.5. The van der Waals surface area contributed by atoms with Gasteiger partial charge in [0.25, 0.3) is 0 Å². The van der Waals surface area contributed by atoms with Crippen LogP contribution in [0.2, 0.25) is 0 Å². The number of fused-ring (bicyclic) bond motifs is 1. The van der Waals surface area contributed by atoms with Gasteiger partial charge in [-0.15, -0.1) is 0 Å². The molecule has 3 heterocycles. The van der Waals surface area contributed by atoms with E-state index in [1.807, 2.05) is 4.90 Å². The molecule has 182 valence electrons. The number of amides is 1. The van der Waals surface area contributed by atoms with Crippen molar-refractivity contribution >= 4 is 26.8 Å². The molecule has 1 aromatic heterocycles. The summed E-state index contributed by atoms with van der Waals surface area (Å²) in [6, 6.07) is 3.35. The van der Waals surface area contributed by atoms with Crippen LogP contribution < -0.4 is 5.69 Å². The topological polar surface area (TPSA) is 105 Å². The van der Waals surface area contributed by atoms with E-state index in [0.717, 1.165) is 57.4 Å². The zero-order valence-electron chi connectivity index (χ0n) is 19.9. The average molecular weight is 479 g/mol. The third kappa shape index (κ3) is 4.88. The van der Waals surface area contributed by atoms with Gasteiger partial charge in [-0.3, -0.25) is 14.3 Å². The number of aryl methyl sites for hydroxylation is 1. The van der Waals surface area contributed by atoms with Crippen LogP contribution in [0.1, 0.15) is 44.2 Å². The van der Waals surface area contributed by atoms with Gasteiger partial charge < -0.3 is 14.6 Å². The molecule has 1 amide bonds. The second kappa shape index (κ2) is 8.88. The minimum Gasteiger partial charge on any atom is -0.378 e. The molecule has 4 rings (SSSR count). The maximum absolute atomic E-state index is 12.8. The van der Waals surface area contributed by atoms with Crippen LogP contribution in [0.5, 0.6) is 0 Å². The summed E-state index contributed by atoms with van der Waals surface area (Å²) in [4.78, 5) is 32.7. The third-order valence-electron chi connectivity index (χ3n) is 7.36. The molecule has 2 saturated heterocycles.